The summed E-state index contributed by atoms with van der Waals surface area (Å²) in [5, 5.41) is 2.91. The molecule has 86 valence electrons. The van der Waals surface area contributed by atoms with Gasteiger partial charge in [0.05, 0.1) is 5.56 Å². The predicted molar refractivity (Wildman–Crippen MR) is 60.0 cm³/mol. The van der Waals surface area contributed by atoms with Gasteiger partial charge in [0.15, 0.2) is 0 Å². The Bertz CT molecular complexity index is 523. The molecule has 1 heterocycles. The lowest BCUT2D eigenvalue weighted by molar-refractivity contribution is 0.308. The molecular formula is C10H12N2O3S. The fourth-order valence-corrected chi connectivity index (χ4v) is 2.58. The summed E-state index contributed by atoms with van der Waals surface area (Å²) in [5.74, 6) is 0.186. The number of hydrogen-bond donors (Lipinski definition) is 1. The van der Waals surface area contributed by atoms with Crippen molar-refractivity contribution >= 4 is 15.9 Å². The van der Waals surface area contributed by atoms with Crippen LogP contribution in [-0.4, -0.2) is 34.5 Å². The molecule has 0 atom stereocenters. The first-order chi connectivity index (χ1) is 7.65. The minimum Gasteiger partial charge on any atom is -0.475 e. The van der Waals surface area contributed by atoms with Crippen LogP contribution in [0.3, 0.4) is 0 Å². The Morgan fingerprint density at radius 2 is 2.12 bits per heavy atom. The van der Waals surface area contributed by atoms with Gasteiger partial charge in [0.25, 0.3) is 10.0 Å². The number of fused-ring (bicyclic) bond motifs is 1. The second-order valence-corrected chi connectivity index (χ2v) is 4.89. The van der Waals surface area contributed by atoms with Gasteiger partial charge in [-0.2, -0.15) is 8.42 Å². The topological polar surface area (TPSA) is 67.8 Å². The van der Waals surface area contributed by atoms with Gasteiger partial charge in [-0.3, -0.25) is 0 Å². The Hall–Kier alpha value is -1.40. The number of benzene rings is 1. The highest BCUT2D eigenvalue weighted by Gasteiger charge is 2.29. The highest BCUT2D eigenvalue weighted by Crippen LogP contribution is 2.25. The Labute approximate surface area is 94.2 Å². The zero-order valence-electron chi connectivity index (χ0n) is 8.80. The number of rotatable bonds is 3. The first-order valence-corrected chi connectivity index (χ1v) is 6.31. The molecule has 0 unspecified atom stereocenters. The SMILES string of the molecule is CNCCOC1=NS(=O)(=O)c2ccccc21. The molecule has 1 aromatic rings. The molecule has 1 aromatic carbocycles. The van der Waals surface area contributed by atoms with Crippen molar-refractivity contribution in [3.8, 4) is 0 Å². The zero-order valence-corrected chi connectivity index (χ0v) is 9.62. The summed E-state index contributed by atoms with van der Waals surface area (Å²) in [6.45, 7) is 1.03. The normalized spacial score (nSPS) is 16.7. The number of nitrogens with one attached hydrogen (secondary N) is 1. The molecular weight excluding hydrogens is 228 g/mol. The van der Waals surface area contributed by atoms with Gasteiger partial charge in [-0.25, -0.2) is 0 Å². The minimum atomic E-state index is -3.55. The van der Waals surface area contributed by atoms with Gasteiger partial charge in [0, 0.05) is 6.54 Å². The van der Waals surface area contributed by atoms with E-state index in [0.29, 0.717) is 18.7 Å². The lowest BCUT2D eigenvalue weighted by Gasteiger charge is -2.04. The molecule has 0 fully saturated rings. The van der Waals surface area contributed by atoms with Crippen LogP contribution in [0.2, 0.25) is 0 Å². The van der Waals surface area contributed by atoms with Crippen LogP contribution < -0.4 is 5.32 Å². The van der Waals surface area contributed by atoms with Gasteiger partial charge in [-0.15, -0.1) is 4.40 Å². The van der Waals surface area contributed by atoms with Gasteiger partial charge in [0.2, 0.25) is 5.90 Å². The van der Waals surface area contributed by atoms with Crippen molar-refractivity contribution in [2.45, 2.75) is 4.90 Å². The molecule has 0 bridgehead atoms. The van der Waals surface area contributed by atoms with Crippen LogP contribution in [0.5, 0.6) is 0 Å². The average Bonchev–Trinajstić information content (AvgIpc) is 2.52. The second kappa shape index (κ2) is 4.23. The molecule has 6 heteroatoms. The van der Waals surface area contributed by atoms with E-state index in [0.717, 1.165) is 0 Å². The average molecular weight is 240 g/mol. The van der Waals surface area contributed by atoms with Gasteiger partial charge in [-0.1, -0.05) is 12.1 Å². The van der Waals surface area contributed by atoms with E-state index in [9.17, 15) is 8.42 Å². The molecule has 0 saturated carbocycles. The molecule has 0 aromatic heterocycles. The second-order valence-electron chi connectivity index (χ2n) is 3.32. The van der Waals surface area contributed by atoms with Crippen LogP contribution in [0.25, 0.3) is 0 Å². The first-order valence-electron chi connectivity index (χ1n) is 4.87. The third-order valence-electron chi connectivity index (χ3n) is 2.19. The molecule has 0 radical (unpaired) electrons. The summed E-state index contributed by atoms with van der Waals surface area (Å²) >= 11 is 0. The molecule has 1 aliphatic heterocycles. The van der Waals surface area contributed by atoms with Crippen molar-refractivity contribution in [3.05, 3.63) is 29.8 Å². The Kier molecular flexibility index (Phi) is 2.93. The molecule has 0 amide bonds. The summed E-state index contributed by atoms with van der Waals surface area (Å²) < 4.78 is 32.1. The van der Waals surface area contributed by atoms with Crippen LogP contribution in [-0.2, 0) is 14.8 Å². The van der Waals surface area contributed by atoms with Crippen molar-refractivity contribution < 1.29 is 13.2 Å². The minimum absolute atomic E-state index is 0.186. The first kappa shape index (κ1) is 11.1. The van der Waals surface area contributed by atoms with Gasteiger partial charge in [0.1, 0.15) is 11.5 Å². The quantitative estimate of drug-likeness (QED) is 0.775. The summed E-state index contributed by atoms with van der Waals surface area (Å²) in [4.78, 5) is 0.217. The van der Waals surface area contributed by atoms with Crippen molar-refractivity contribution in [3.63, 3.8) is 0 Å². The maximum atomic E-state index is 11.6. The van der Waals surface area contributed by atoms with Crippen molar-refractivity contribution in [1.29, 1.82) is 0 Å². The predicted octanol–water partition coefficient (Wildman–Crippen LogP) is 0.371. The largest absolute Gasteiger partial charge is 0.475 e. The smallest absolute Gasteiger partial charge is 0.286 e. The molecule has 1 N–H and O–H groups in total. The molecule has 16 heavy (non-hydrogen) atoms. The van der Waals surface area contributed by atoms with Crippen LogP contribution in [0.1, 0.15) is 5.56 Å². The number of ether oxygens (including phenoxy) is 1. The summed E-state index contributed by atoms with van der Waals surface area (Å²) in [5.41, 5.74) is 0.540. The van der Waals surface area contributed by atoms with Crippen LogP contribution in [0.15, 0.2) is 33.6 Å². The van der Waals surface area contributed by atoms with E-state index >= 15 is 0 Å². The lowest BCUT2D eigenvalue weighted by atomic mass is 10.2. The van der Waals surface area contributed by atoms with E-state index in [1.807, 2.05) is 0 Å². The standard InChI is InChI=1S/C10H12N2O3S/c1-11-6-7-15-10-8-4-2-3-5-9(8)16(13,14)12-10/h2-5,11H,6-7H2,1H3. The monoisotopic (exact) mass is 240 g/mol. The molecule has 2 rings (SSSR count). The Balaban J connectivity index is 2.29. The van der Waals surface area contributed by atoms with E-state index in [2.05, 4.69) is 9.71 Å². The highest BCUT2D eigenvalue weighted by molar-refractivity contribution is 7.90. The Morgan fingerprint density at radius 3 is 2.88 bits per heavy atom. The highest BCUT2D eigenvalue weighted by atomic mass is 32.2. The molecule has 1 aliphatic rings. The van der Waals surface area contributed by atoms with E-state index < -0.39 is 10.0 Å². The summed E-state index contributed by atoms with van der Waals surface area (Å²) in [6, 6.07) is 6.65. The third-order valence-corrected chi connectivity index (χ3v) is 3.51. The fourth-order valence-electron chi connectivity index (χ4n) is 1.43. The number of hydrogen-bond acceptors (Lipinski definition) is 4. The van der Waals surface area contributed by atoms with E-state index in [1.165, 1.54) is 6.07 Å². The van der Waals surface area contributed by atoms with Gasteiger partial charge in [-0.05, 0) is 19.2 Å². The number of nitrogens with zero attached hydrogens (tertiary/aromatic N) is 1. The zero-order chi connectivity index (χ0) is 11.6. The molecule has 0 aliphatic carbocycles. The van der Waals surface area contributed by atoms with Gasteiger partial charge < -0.3 is 10.1 Å². The van der Waals surface area contributed by atoms with Crippen LogP contribution in [0.4, 0.5) is 0 Å². The molecule has 0 spiro atoms. The molecule has 5 nitrogen and oxygen atoms in total. The van der Waals surface area contributed by atoms with E-state index in [1.54, 1.807) is 25.2 Å². The molecule has 0 saturated heterocycles. The Morgan fingerprint density at radius 1 is 1.38 bits per heavy atom. The van der Waals surface area contributed by atoms with Crippen LogP contribution in [0, 0.1) is 0 Å². The summed E-state index contributed by atoms with van der Waals surface area (Å²) in [7, 11) is -1.75. The maximum Gasteiger partial charge on any atom is 0.286 e. The van der Waals surface area contributed by atoms with Crippen molar-refractivity contribution in [2.24, 2.45) is 4.40 Å². The van der Waals surface area contributed by atoms with Crippen LogP contribution >= 0.6 is 0 Å². The summed E-state index contributed by atoms with van der Waals surface area (Å²) in [6.07, 6.45) is 0. The third kappa shape index (κ3) is 1.94. The maximum absolute atomic E-state index is 11.6. The fraction of sp³-hybridized carbons (Fsp3) is 0.300. The van der Waals surface area contributed by atoms with Crippen molar-refractivity contribution in [2.75, 3.05) is 20.2 Å². The van der Waals surface area contributed by atoms with Crippen molar-refractivity contribution in [1.82, 2.24) is 5.32 Å². The number of likely N-dealkylation sites (N-methyl/N-ethyl adjacent to an activating group) is 1. The number of sulfonamides is 1. The van der Waals surface area contributed by atoms with E-state index in [-0.39, 0.29) is 10.8 Å². The van der Waals surface area contributed by atoms with E-state index in [4.69, 9.17) is 4.74 Å². The lowest BCUT2D eigenvalue weighted by Crippen LogP contribution is -2.17. The van der Waals surface area contributed by atoms with Gasteiger partial charge >= 0.3 is 0 Å².